The topological polar surface area (TPSA) is 53.9 Å². The standard InChI is InChI=1S/C20H29N5/c1-6-17-9-7-8-10-25(17)20-22-16(5)21-19(24-20)23-18-14(3)11-13(2)12-15(18)4/h11-12,17H,6-10H2,1-5H3,(H,21,22,23,24). The van der Waals surface area contributed by atoms with Gasteiger partial charge in [-0.25, -0.2) is 0 Å². The highest BCUT2D eigenvalue weighted by atomic mass is 15.3. The number of rotatable bonds is 4. The zero-order chi connectivity index (χ0) is 18.0. The van der Waals surface area contributed by atoms with Crippen molar-refractivity contribution in [1.29, 1.82) is 0 Å². The van der Waals surface area contributed by atoms with Crippen molar-refractivity contribution in [2.75, 3.05) is 16.8 Å². The smallest absolute Gasteiger partial charge is 0.232 e. The number of piperidine rings is 1. The van der Waals surface area contributed by atoms with Crippen LogP contribution in [0.3, 0.4) is 0 Å². The Bertz CT molecular complexity index is 733. The van der Waals surface area contributed by atoms with Gasteiger partial charge in [-0.3, -0.25) is 0 Å². The summed E-state index contributed by atoms with van der Waals surface area (Å²) in [6.45, 7) is 11.6. The van der Waals surface area contributed by atoms with E-state index in [1.165, 1.54) is 36.0 Å². The van der Waals surface area contributed by atoms with E-state index in [9.17, 15) is 0 Å². The first-order valence-electron chi connectivity index (χ1n) is 9.32. The van der Waals surface area contributed by atoms with Gasteiger partial charge in [-0.2, -0.15) is 15.0 Å². The van der Waals surface area contributed by atoms with E-state index in [2.05, 4.69) is 60.0 Å². The maximum Gasteiger partial charge on any atom is 0.232 e. The van der Waals surface area contributed by atoms with Gasteiger partial charge < -0.3 is 10.2 Å². The molecule has 1 fully saturated rings. The Morgan fingerprint density at radius 2 is 1.76 bits per heavy atom. The minimum atomic E-state index is 0.534. The van der Waals surface area contributed by atoms with Crippen LogP contribution in [0.15, 0.2) is 12.1 Å². The molecule has 5 nitrogen and oxygen atoms in total. The molecule has 0 aliphatic carbocycles. The Morgan fingerprint density at radius 1 is 1.04 bits per heavy atom. The van der Waals surface area contributed by atoms with Crippen molar-refractivity contribution in [3.05, 3.63) is 34.6 Å². The molecule has 2 aromatic rings. The van der Waals surface area contributed by atoms with E-state index in [0.29, 0.717) is 12.0 Å². The van der Waals surface area contributed by atoms with Gasteiger partial charge in [0.05, 0.1) is 0 Å². The minimum Gasteiger partial charge on any atom is -0.338 e. The average molecular weight is 339 g/mol. The Balaban J connectivity index is 1.92. The lowest BCUT2D eigenvalue weighted by Gasteiger charge is -2.35. The van der Waals surface area contributed by atoms with E-state index in [1.54, 1.807) is 0 Å². The van der Waals surface area contributed by atoms with E-state index in [1.807, 2.05) is 6.92 Å². The predicted molar refractivity (Wildman–Crippen MR) is 104 cm³/mol. The molecule has 0 saturated carbocycles. The second-order valence-corrected chi connectivity index (χ2v) is 7.16. The second-order valence-electron chi connectivity index (χ2n) is 7.16. The fourth-order valence-corrected chi connectivity index (χ4v) is 3.83. The Morgan fingerprint density at radius 3 is 2.44 bits per heavy atom. The number of anilines is 3. The van der Waals surface area contributed by atoms with Crippen LogP contribution in [-0.2, 0) is 0 Å². The van der Waals surface area contributed by atoms with Crippen molar-refractivity contribution in [3.63, 3.8) is 0 Å². The summed E-state index contributed by atoms with van der Waals surface area (Å²) in [4.78, 5) is 16.2. The molecule has 0 spiro atoms. The number of hydrogen-bond acceptors (Lipinski definition) is 5. The number of nitrogens with zero attached hydrogens (tertiary/aromatic N) is 4. The van der Waals surface area contributed by atoms with Gasteiger partial charge in [-0.1, -0.05) is 24.6 Å². The molecule has 1 atom stereocenters. The number of hydrogen-bond donors (Lipinski definition) is 1. The summed E-state index contributed by atoms with van der Waals surface area (Å²) in [6, 6.07) is 4.90. The van der Waals surface area contributed by atoms with E-state index < -0.39 is 0 Å². The summed E-state index contributed by atoms with van der Waals surface area (Å²) in [5.74, 6) is 2.21. The normalized spacial score (nSPS) is 17.6. The molecule has 1 aromatic carbocycles. The number of aryl methyl sites for hydroxylation is 4. The Labute approximate surface area is 150 Å². The fraction of sp³-hybridized carbons (Fsp3) is 0.550. The van der Waals surface area contributed by atoms with E-state index in [-0.39, 0.29) is 0 Å². The van der Waals surface area contributed by atoms with Crippen LogP contribution in [0.4, 0.5) is 17.6 Å². The van der Waals surface area contributed by atoms with Crippen molar-refractivity contribution >= 4 is 17.6 Å². The predicted octanol–water partition coefficient (Wildman–Crippen LogP) is 4.62. The molecule has 1 N–H and O–H groups in total. The third-order valence-electron chi connectivity index (χ3n) is 5.00. The SMILES string of the molecule is CCC1CCCCN1c1nc(C)nc(Nc2c(C)cc(C)cc2C)n1. The Kier molecular flexibility index (Phi) is 5.21. The van der Waals surface area contributed by atoms with Crippen LogP contribution in [0, 0.1) is 27.7 Å². The number of aromatic nitrogens is 3. The monoisotopic (exact) mass is 339 g/mol. The van der Waals surface area contributed by atoms with E-state index in [0.717, 1.165) is 30.4 Å². The second kappa shape index (κ2) is 7.38. The quantitative estimate of drug-likeness (QED) is 0.881. The van der Waals surface area contributed by atoms with Crippen molar-refractivity contribution in [2.45, 2.75) is 66.3 Å². The van der Waals surface area contributed by atoms with Crippen molar-refractivity contribution in [3.8, 4) is 0 Å². The molecule has 1 unspecified atom stereocenters. The van der Waals surface area contributed by atoms with Crippen LogP contribution in [-0.4, -0.2) is 27.5 Å². The molecule has 134 valence electrons. The largest absolute Gasteiger partial charge is 0.338 e. The zero-order valence-corrected chi connectivity index (χ0v) is 16.1. The van der Waals surface area contributed by atoms with Crippen LogP contribution < -0.4 is 10.2 Å². The summed E-state index contributed by atoms with van der Waals surface area (Å²) in [7, 11) is 0. The highest BCUT2D eigenvalue weighted by Crippen LogP contribution is 2.27. The molecule has 2 heterocycles. The Hall–Kier alpha value is -2.17. The maximum atomic E-state index is 4.75. The van der Waals surface area contributed by atoms with Gasteiger partial charge >= 0.3 is 0 Å². The zero-order valence-electron chi connectivity index (χ0n) is 16.1. The number of benzene rings is 1. The van der Waals surface area contributed by atoms with Crippen molar-refractivity contribution in [1.82, 2.24) is 15.0 Å². The fourth-order valence-electron chi connectivity index (χ4n) is 3.83. The summed E-state index contributed by atoms with van der Waals surface area (Å²) >= 11 is 0. The van der Waals surface area contributed by atoms with Crippen LogP contribution in [0.2, 0.25) is 0 Å². The molecule has 1 saturated heterocycles. The van der Waals surface area contributed by atoms with Gasteiger partial charge in [0, 0.05) is 18.3 Å². The minimum absolute atomic E-state index is 0.534. The van der Waals surface area contributed by atoms with Gasteiger partial charge in [-0.15, -0.1) is 0 Å². The molecule has 0 amide bonds. The highest BCUT2D eigenvalue weighted by molar-refractivity contribution is 5.64. The van der Waals surface area contributed by atoms with Crippen molar-refractivity contribution in [2.24, 2.45) is 0 Å². The molecular weight excluding hydrogens is 310 g/mol. The summed E-state index contributed by atoms with van der Waals surface area (Å²) in [5, 5.41) is 3.43. The first-order valence-corrected chi connectivity index (χ1v) is 9.32. The third-order valence-corrected chi connectivity index (χ3v) is 5.00. The first-order chi connectivity index (χ1) is 12.0. The molecule has 1 aliphatic rings. The maximum absolute atomic E-state index is 4.75. The van der Waals surface area contributed by atoms with Crippen LogP contribution in [0.1, 0.15) is 55.1 Å². The van der Waals surface area contributed by atoms with Gasteiger partial charge in [0.2, 0.25) is 11.9 Å². The van der Waals surface area contributed by atoms with E-state index >= 15 is 0 Å². The van der Waals surface area contributed by atoms with Gasteiger partial charge in [0.25, 0.3) is 0 Å². The van der Waals surface area contributed by atoms with Crippen molar-refractivity contribution < 1.29 is 0 Å². The average Bonchev–Trinajstić information content (AvgIpc) is 2.57. The molecule has 0 radical (unpaired) electrons. The van der Waals surface area contributed by atoms with Gasteiger partial charge in [0.15, 0.2) is 0 Å². The lowest BCUT2D eigenvalue weighted by Crippen LogP contribution is -2.40. The molecule has 25 heavy (non-hydrogen) atoms. The highest BCUT2D eigenvalue weighted by Gasteiger charge is 2.24. The molecule has 1 aromatic heterocycles. The first kappa shape index (κ1) is 17.6. The lowest BCUT2D eigenvalue weighted by molar-refractivity contribution is 0.442. The van der Waals surface area contributed by atoms with Gasteiger partial charge in [0.1, 0.15) is 5.82 Å². The molecular formula is C20H29N5. The number of nitrogens with one attached hydrogen (secondary N) is 1. The van der Waals surface area contributed by atoms with Crippen LogP contribution in [0.5, 0.6) is 0 Å². The molecule has 1 aliphatic heterocycles. The summed E-state index contributed by atoms with van der Waals surface area (Å²) in [6.07, 6.45) is 4.86. The molecule has 5 heteroatoms. The van der Waals surface area contributed by atoms with Crippen LogP contribution in [0.25, 0.3) is 0 Å². The summed E-state index contributed by atoms with van der Waals surface area (Å²) in [5.41, 5.74) is 4.78. The molecule has 0 bridgehead atoms. The van der Waals surface area contributed by atoms with Gasteiger partial charge in [-0.05, 0) is 64.5 Å². The summed E-state index contributed by atoms with van der Waals surface area (Å²) < 4.78 is 0. The van der Waals surface area contributed by atoms with E-state index in [4.69, 9.17) is 4.98 Å². The van der Waals surface area contributed by atoms with Crippen LogP contribution >= 0.6 is 0 Å². The molecule has 3 rings (SSSR count). The lowest BCUT2D eigenvalue weighted by atomic mass is 10.0. The third kappa shape index (κ3) is 3.91.